The van der Waals surface area contributed by atoms with Gasteiger partial charge in [-0.05, 0) is 78.2 Å². The van der Waals surface area contributed by atoms with Crippen LogP contribution < -0.4 is 0 Å². The first-order valence-electron chi connectivity index (χ1n) is 13.0. The van der Waals surface area contributed by atoms with Gasteiger partial charge in [-0.1, -0.05) is 11.6 Å². The van der Waals surface area contributed by atoms with Crippen LogP contribution in [0.3, 0.4) is 0 Å². The lowest BCUT2D eigenvalue weighted by Gasteiger charge is -2.40. The molecule has 1 amide bonds. The SMILES string of the molecule is CO[C@@H]1CCN(CCC2CN(C(=O)OC3CCC4(CC3)OC4[C@]3(C)O[C@@H]3CC=C(C)C)C2)C1. The number of hydrogen-bond donors (Lipinski definition) is 0. The molecular formula is C26H42N2O5. The van der Waals surface area contributed by atoms with E-state index in [2.05, 4.69) is 31.7 Å². The van der Waals surface area contributed by atoms with E-state index in [1.165, 1.54) is 5.57 Å². The van der Waals surface area contributed by atoms with Crippen LogP contribution in [0.1, 0.15) is 65.7 Å². The van der Waals surface area contributed by atoms with E-state index in [1.807, 2.05) is 4.90 Å². The zero-order valence-electron chi connectivity index (χ0n) is 20.9. The van der Waals surface area contributed by atoms with Gasteiger partial charge in [-0.2, -0.15) is 0 Å². The van der Waals surface area contributed by atoms with Gasteiger partial charge in [-0.3, -0.25) is 0 Å². The van der Waals surface area contributed by atoms with E-state index in [0.717, 1.165) is 77.7 Å². The van der Waals surface area contributed by atoms with Crippen LogP contribution in [0.2, 0.25) is 0 Å². The van der Waals surface area contributed by atoms with Gasteiger partial charge in [0, 0.05) is 33.3 Å². The number of allylic oxidation sites excluding steroid dienone is 1. The normalized spacial score (nSPS) is 40.5. The van der Waals surface area contributed by atoms with Crippen molar-refractivity contribution >= 4 is 6.09 Å². The van der Waals surface area contributed by atoms with E-state index in [4.69, 9.17) is 18.9 Å². The predicted molar refractivity (Wildman–Crippen MR) is 125 cm³/mol. The van der Waals surface area contributed by atoms with Crippen molar-refractivity contribution < 1.29 is 23.7 Å². The summed E-state index contributed by atoms with van der Waals surface area (Å²) in [6.45, 7) is 11.4. The summed E-state index contributed by atoms with van der Waals surface area (Å²) in [4.78, 5) is 16.9. The number of ether oxygens (including phenoxy) is 4. The van der Waals surface area contributed by atoms with Gasteiger partial charge in [0.1, 0.15) is 17.8 Å². The lowest BCUT2D eigenvalue weighted by Crippen LogP contribution is -2.51. The molecule has 7 heteroatoms. The summed E-state index contributed by atoms with van der Waals surface area (Å²) in [7, 11) is 1.80. The fourth-order valence-electron chi connectivity index (χ4n) is 6.22. The third-order valence-electron chi connectivity index (χ3n) is 8.69. The maximum Gasteiger partial charge on any atom is 0.410 e. The topological polar surface area (TPSA) is 67.1 Å². The Balaban J connectivity index is 0.975. The van der Waals surface area contributed by atoms with E-state index < -0.39 is 0 Å². The lowest BCUT2D eigenvalue weighted by molar-refractivity contribution is 0.00506. The minimum Gasteiger partial charge on any atom is -0.446 e. The molecule has 0 aromatic carbocycles. The summed E-state index contributed by atoms with van der Waals surface area (Å²) >= 11 is 0. The first kappa shape index (κ1) is 23.6. The summed E-state index contributed by atoms with van der Waals surface area (Å²) in [5.74, 6) is 0.605. The Hall–Kier alpha value is -1.15. The van der Waals surface area contributed by atoms with Crippen LogP contribution in [0.5, 0.6) is 0 Å². The van der Waals surface area contributed by atoms with Crippen LogP contribution in [0, 0.1) is 5.92 Å². The minimum atomic E-state index is -0.137. The van der Waals surface area contributed by atoms with Gasteiger partial charge < -0.3 is 28.7 Å². The molecule has 33 heavy (non-hydrogen) atoms. The zero-order chi connectivity index (χ0) is 23.2. The Kier molecular flexibility index (Phi) is 6.53. The number of rotatable bonds is 8. The maximum absolute atomic E-state index is 12.6. The molecule has 7 nitrogen and oxygen atoms in total. The predicted octanol–water partition coefficient (Wildman–Crippen LogP) is 3.76. The zero-order valence-corrected chi connectivity index (χ0v) is 20.9. The highest BCUT2D eigenvalue weighted by molar-refractivity contribution is 5.68. The van der Waals surface area contributed by atoms with Crippen LogP contribution in [0.25, 0.3) is 0 Å². The molecule has 186 valence electrons. The van der Waals surface area contributed by atoms with E-state index in [0.29, 0.717) is 12.0 Å². The Morgan fingerprint density at radius 3 is 2.52 bits per heavy atom. The third kappa shape index (κ3) is 4.97. The summed E-state index contributed by atoms with van der Waals surface area (Å²) in [6.07, 6.45) is 9.99. The minimum absolute atomic E-state index is 0.0250. The van der Waals surface area contributed by atoms with Crippen molar-refractivity contribution in [2.75, 3.05) is 39.8 Å². The molecule has 0 bridgehead atoms. The van der Waals surface area contributed by atoms with E-state index in [9.17, 15) is 4.79 Å². The van der Waals surface area contributed by atoms with E-state index in [-0.39, 0.29) is 35.6 Å². The van der Waals surface area contributed by atoms with Gasteiger partial charge in [0.25, 0.3) is 0 Å². The molecule has 5 fully saturated rings. The van der Waals surface area contributed by atoms with Crippen molar-refractivity contribution in [3.05, 3.63) is 11.6 Å². The average molecular weight is 463 g/mol. The quantitative estimate of drug-likeness (QED) is 0.404. The Bertz CT molecular complexity index is 754. The highest BCUT2D eigenvalue weighted by Crippen LogP contribution is 2.60. The largest absolute Gasteiger partial charge is 0.446 e. The molecule has 4 saturated heterocycles. The molecule has 1 saturated carbocycles. The highest BCUT2D eigenvalue weighted by Gasteiger charge is 2.73. The summed E-state index contributed by atoms with van der Waals surface area (Å²) < 4.78 is 23.6. The summed E-state index contributed by atoms with van der Waals surface area (Å²) in [5.41, 5.74) is 1.15. The molecule has 1 unspecified atom stereocenters. The molecule has 0 aromatic rings. The second-order valence-corrected chi connectivity index (χ2v) is 11.5. The number of hydrogen-bond acceptors (Lipinski definition) is 6. The van der Waals surface area contributed by atoms with Crippen LogP contribution in [0.4, 0.5) is 4.79 Å². The van der Waals surface area contributed by atoms with Crippen molar-refractivity contribution in [3.63, 3.8) is 0 Å². The summed E-state index contributed by atoms with van der Waals surface area (Å²) in [5, 5.41) is 0. The molecular weight excluding hydrogens is 420 g/mol. The molecule has 0 aromatic heterocycles. The monoisotopic (exact) mass is 462 g/mol. The number of epoxide rings is 2. The number of amides is 1. The Labute approximate surface area is 198 Å². The number of carbonyl (C=O) groups is 1. The van der Waals surface area contributed by atoms with Crippen LogP contribution in [0.15, 0.2) is 11.6 Å². The van der Waals surface area contributed by atoms with Crippen LogP contribution >= 0.6 is 0 Å². The van der Waals surface area contributed by atoms with Crippen molar-refractivity contribution in [1.82, 2.24) is 9.80 Å². The molecule has 5 rings (SSSR count). The molecule has 0 N–H and O–H groups in total. The first-order chi connectivity index (χ1) is 15.8. The number of likely N-dealkylation sites (tertiary alicyclic amines) is 2. The second kappa shape index (κ2) is 9.14. The summed E-state index contributed by atoms with van der Waals surface area (Å²) in [6, 6.07) is 0. The highest BCUT2D eigenvalue weighted by atomic mass is 16.7. The van der Waals surface area contributed by atoms with Crippen molar-refractivity contribution in [2.45, 2.75) is 101 Å². The lowest BCUT2D eigenvalue weighted by atomic mass is 9.80. The average Bonchev–Trinajstić information content (AvgIpc) is 3.58. The first-order valence-corrected chi connectivity index (χ1v) is 13.0. The molecule has 0 radical (unpaired) electrons. The molecule has 4 heterocycles. The fraction of sp³-hybridized carbons (Fsp3) is 0.885. The Morgan fingerprint density at radius 1 is 1.09 bits per heavy atom. The van der Waals surface area contributed by atoms with Gasteiger partial charge in [0.15, 0.2) is 0 Å². The maximum atomic E-state index is 12.6. The fourth-order valence-corrected chi connectivity index (χ4v) is 6.22. The van der Waals surface area contributed by atoms with Crippen molar-refractivity contribution in [3.8, 4) is 0 Å². The van der Waals surface area contributed by atoms with Gasteiger partial charge in [-0.15, -0.1) is 0 Å². The molecule has 1 aliphatic carbocycles. The molecule has 4 aliphatic heterocycles. The van der Waals surface area contributed by atoms with Crippen LogP contribution in [-0.2, 0) is 18.9 Å². The van der Waals surface area contributed by atoms with Gasteiger partial charge in [0.2, 0.25) is 0 Å². The molecule has 4 atom stereocenters. The molecule has 1 spiro atoms. The second-order valence-electron chi connectivity index (χ2n) is 11.5. The van der Waals surface area contributed by atoms with Crippen LogP contribution in [-0.4, -0.2) is 91.3 Å². The smallest absolute Gasteiger partial charge is 0.410 e. The number of nitrogens with zero attached hydrogens (tertiary/aromatic N) is 2. The Morgan fingerprint density at radius 2 is 1.85 bits per heavy atom. The van der Waals surface area contributed by atoms with Gasteiger partial charge in [0.05, 0.1) is 17.8 Å². The van der Waals surface area contributed by atoms with E-state index >= 15 is 0 Å². The van der Waals surface area contributed by atoms with Crippen molar-refractivity contribution in [2.24, 2.45) is 5.92 Å². The van der Waals surface area contributed by atoms with Gasteiger partial charge >= 0.3 is 6.09 Å². The third-order valence-corrected chi connectivity index (χ3v) is 8.69. The number of carbonyl (C=O) groups excluding carboxylic acids is 1. The standard InChI is InChI=1S/C26H42N2O5/c1-18(2)5-6-22-25(3,32-22)23-26(33-23)11-7-20(8-12-26)31-24(29)28-15-19(16-28)9-13-27-14-10-21(17-27)30-4/h5,19-23H,6-17H2,1-4H3/t20?,21-,22-,23?,25-,26?/m1/s1. The number of methoxy groups -OCH3 is 1. The van der Waals surface area contributed by atoms with E-state index in [1.54, 1.807) is 7.11 Å². The molecule has 5 aliphatic rings. The van der Waals surface area contributed by atoms with Gasteiger partial charge in [-0.25, -0.2) is 4.79 Å². The van der Waals surface area contributed by atoms with Crippen molar-refractivity contribution in [1.29, 1.82) is 0 Å².